The first kappa shape index (κ1) is 11.8. The number of unbranched alkanes of at least 4 members (excludes halogenated alkanes) is 2. The first-order valence-electron chi connectivity index (χ1n) is 5.54. The Balaban J connectivity index is 2.62. The number of aryl methyl sites for hydroxylation is 1. The van der Waals surface area contributed by atoms with E-state index >= 15 is 0 Å². The molecule has 0 aliphatic carbocycles. The van der Waals surface area contributed by atoms with Gasteiger partial charge in [0, 0.05) is 17.7 Å². The fraction of sp³-hybridized carbons (Fsp3) is 0.462. The highest BCUT2D eigenvalue weighted by Gasteiger charge is 2.06. The van der Waals surface area contributed by atoms with E-state index in [1.807, 2.05) is 25.1 Å². The molecule has 0 bridgehead atoms. The van der Waals surface area contributed by atoms with Crippen LogP contribution in [0.2, 0.25) is 0 Å². The van der Waals surface area contributed by atoms with Gasteiger partial charge in [-0.1, -0.05) is 19.8 Å². The van der Waals surface area contributed by atoms with Gasteiger partial charge in [-0.3, -0.25) is 4.79 Å². The Morgan fingerprint density at radius 3 is 2.67 bits per heavy atom. The van der Waals surface area contributed by atoms with Crippen LogP contribution in [0.1, 0.15) is 48.5 Å². The maximum Gasteiger partial charge on any atom is 0.162 e. The molecule has 2 heteroatoms. The lowest BCUT2D eigenvalue weighted by molar-refractivity contribution is 0.0979. The summed E-state index contributed by atoms with van der Waals surface area (Å²) >= 11 is 0. The minimum Gasteiger partial charge on any atom is -0.399 e. The van der Waals surface area contributed by atoms with Crippen molar-refractivity contribution in [3.05, 3.63) is 29.3 Å². The van der Waals surface area contributed by atoms with E-state index in [1.54, 1.807) is 0 Å². The SMILES string of the molecule is CCCCCC(=O)c1ccc(N)c(C)c1. The molecule has 0 fully saturated rings. The third-order valence-corrected chi connectivity index (χ3v) is 2.60. The van der Waals surface area contributed by atoms with Crippen LogP contribution in [0.4, 0.5) is 5.69 Å². The molecule has 1 aromatic rings. The summed E-state index contributed by atoms with van der Waals surface area (Å²) in [4.78, 5) is 11.7. The van der Waals surface area contributed by atoms with Gasteiger partial charge in [-0.15, -0.1) is 0 Å². The summed E-state index contributed by atoms with van der Waals surface area (Å²) in [5, 5.41) is 0. The van der Waals surface area contributed by atoms with Gasteiger partial charge in [0.15, 0.2) is 5.78 Å². The monoisotopic (exact) mass is 205 g/mol. The summed E-state index contributed by atoms with van der Waals surface area (Å²) in [6.07, 6.45) is 3.91. The van der Waals surface area contributed by atoms with Crippen molar-refractivity contribution in [1.82, 2.24) is 0 Å². The van der Waals surface area contributed by atoms with E-state index in [0.717, 1.165) is 36.1 Å². The predicted octanol–water partition coefficient (Wildman–Crippen LogP) is 3.34. The molecule has 0 saturated carbocycles. The number of nitrogen functional groups attached to an aromatic ring is 1. The number of Topliss-reactive ketones (excluding diaryl/α,β-unsaturated/α-hetero) is 1. The van der Waals surface area contributed by atoms with Gasteiger partial charge in [-0.25, -0.2) is 0 Å². The highest BCUT2D eigenvalue weighted by molar-refractivity contribution is 5.96. The smallest absolute Gasteiger partial charge is 0.162 e. The number of carbonyl (C=O) groups is 1. The van der Waals surface area contributed by atoms with E-state index in [-0.39, 0.29) is 5.78 Å². The highest BCUT2D eigenvalue weighted by atomic mass is 16.1. The number of hydrogen-bond donors (Lipinski definition) is 1. The number of ketones is 1. The Labute approximate surface area is 91.5 Å². The van der Waals surface area contributed by atoms with Gasteiger partial charge >= 0.3 is 0 Å². The molecule has 1 rings (SSSR count). The van der Waals surface area contributed by atoms with Gasteiger partial charge in [-0.05, 0) is 37.1 Å². The van der Waals surface area contributed by atoms with Crippen molar-refractivity contribution in [2.45, 2.75) is 39.5 Å². The zero-order chi connectivity index (χ0) is 11.3. The molecule has 0 amide bonds. The van der Waals surface area contributed by atoms with Gasteiger partial charge in [0.05, 0.1) is 0 Å². The Kier molecular flexibility index (Phi) is 4.35. The summed E-state index contributed by atoms with van der Waals surface area (Å²) in [7, 11) is 0. The molecule has 0 radical (unpaired) electrons. The molecule has 15 heavy (non-hydrogen) atoms. The van der Waals surface area contributed by atoms with Gasteiger partial charge < -0.3 is 5.73 Å². The second-order valence-corrected chi connectivity index (χ2v) is 3.95. The Morgan fingerprint density at radius 1 is 1.33 bits per heavy atom. The van der Waals surface area contributed by atoms with Crippen molar-refractivity contribution < 1.29 is 4.79 Å². The van der Waals surface area contributed by atoms with E-state index in [9.17, 15) is 4.79 Å². The number of benzene rings is 1. The van der Waals surface area contributed by atoms with E-state index in [4.69, 9.17) is 5.73 Å². The summed E-state index contributed by atoms with van der Waals surface area (Å²) < 4.78 is 0. The molecule has 82 valence electrons. The first-order valence-corrected chi connectivity index (χ1v) is 5.54. The van der Waals surface area contributed by atoms with E-state index in [2.05, 4.69) is 6.92 Å². The largest absolute Gasteiger partial charge is 0.399 e. The molecule has 0 atom stereocenters. The van der Waals surface area contributed by atoms with Gasteiger partial charge in [-0.2, -0.15) is 0 Å². The molecule has 0 aliphatic heterocycles. The second-order valence-electron chi connectivity index (χ2n) is 3.95. The quantitative estimate of drug-likeness (QED) is 0.455. The third kappa shape index (κ3) is 3.39. The molecule has 0 spiro atoms. The molecule has 0 saturated heterocycles. The van der Waals surface area contributed by atoms with Crippen molar-refractivity contribution >= 4 is 11.5 Å². The lowest BCUT2D eigenvalue weighted by atomic mass is 10.0. The minimum atomic E-state index is 0.228. The number of hydrogen-bond acceptors (Lipinski definition) is 2. The normalized spacial score (nSPS) is 10.3. The molecule has 2 nitrogen and oxygen atoms in total. The maximum atomic E-state index is 11.7. The topological polar surface area (TPSA) is 43.1 Å². The summed E-state index contributed by atoms with van der Waals surface area (Å²) in [6, 6.07) is 5.50. The van der Waals surface area contributed by atoms with Crippen molar-refractivity contribution in [3.8, 4) is 0 Å². The van der Waals surface area contributed by atoms with Crippen molar-refractivity contribution in [2.24, 2.45) is 0 Å². The van der Waals surface area contributed by atoms with Crippen molar-refractivity contribution in [2.75, 3.05) is 5.73 Å². The van der Waals surface area contributed by atoms with Crippen LogP contribution in [-0.4, -0.2) is 5.78 Å². The maximum absolute atomic E-state index is 11.7. The van der Waals surface area contributed by atoms with Gasteiger partial charge in [0.25, 0.3) is 0 Å². The van der Waals surface area contributed by atoms with Crippen molar-refractivity contribution in [1.29, 1.82) is 0 Å². The zero-order valence-corrected chi connectivity index (χ0v) is 9.55. The zero-order valence-electron chi connectivity index (χ0n) is 9.55. The summed E-state index contributed by atoms with van der Waals surface area (Å²) in [5.41, 5.74) is 8.22. The Hall–Kier alpha value is -1.31. The lowest BCUT2D eigenvalue weighted by Gasteiger charge is -2.04. The van der Waals surface area contributed by atoms with Crippen LogP contribution in [0.5, 0.6) is 0 Å². The average Bonchev–Trinajstić information content (AvgIpc) is 2.22. The molecule has 1 aromatic carbocycles. The number of rotatable bonds is 5. The predicted molar refractivity (Wildman–Crippen MR) is 64.1 cm³/mol. The molecule has 0 unspecified atom stereocenters. The van der Waals surface area contributed by atoms with Gasteiger partial charge in [0.1, 0.15) is 0 Å². The number of anilines is 1. The highest BCUT2D eigenvalue weighted by Crippen LogP contribution is 2.15. The molecule has 0 aromatic heterocycles. The minimum absolute atomic E-state index is 0.228. The Bertz CT molecular complexity index is 344. The van der Waals surface area contributed by atoms with E-state index in [1.165, 1.54) is 0 Å². The van der Waals surface area contributed by atoms with E-state index in [0.29, 0.717) is 6.42 Å². The van der Waals surface area contributed by atoms with Crippen LogP contribution < -0.4 is 5.73 Å². The fourth-order valence-corrected chi connectivity index (χ4v) is 1.53. The Morgan fingerprint density at radius 2 is 2.07 bits per heavy atom. The van der Waals surface area contributed by atoms with Crippen LogP contribution in [0.15, 0.2) is 18.2 Å². The third-order valence-electron chi connectivity index (χ3n) is 2.60. The molecule has 0 heterocycles. The van der Waals surface area contributed by atoms with Gasteiger partial charge in [0.2, 0.25) is 0 Å². The van der Waals surface area contributed by atoms with Crippen molar-refractivity contribution in [3.63, 3.8) is 0 Å². The standard InChI is InChI=1S/C13H19NO/c1-3-4-5-6-13(15)11-7-8-12(14)10(2)9-11/h7-9H,3-6,14H2,1-2H3. The average molecular weight is 205 g/mol. The molecular formula is C13H19NO. The van der Waals surface area contributed by atoms with Crippen LogP contribution in [0.3, 0.4) is 0 Å². The molecule has 0 aliphatic rings. The summed E-state index contributed by atoms with van der Waals surface area (Å²) in [5.74, 6) is 0.228. The second kappa shape index (κ2) is 5.54. The van der Waals surface area contributed by atoms with E-state index < -0.39 is 0 Å². The summed E-state index contributed by atoms with van der Waals surface area (Å²) in [6.45, 7) is 4.07. The fourth-order valence-electron chi connectivity index (χ4n) is 1.53. The lowest BCUT2D eigenvalue weighted by Crippen LogP contribution is -2.00. The van der Waals surface area contributed by atoms with Crippen LogP contribution >= 0.6 is 0 Å². The van der Waals surface area contributed by atoms with Crippen LogP contribution in [-0.2, 0) is 0 Å². The number of carbonyl (C=O) groups excluding carboxylic acids is 1. The molecular weight excluding hydrogens is 186 g/mol. The first-order chi connectivity index (χ1) is 7.15. The number of nitrogens with two attached hydrogens (primary N) is 1. The van der Waals surface area contributed by atoms with Crippen LogP contribution in [0, 0.1) is 6.92 Å². The van der Waals surface area contributed by atoms with Crippen LogP contribution in [0.25, 0.3) is 0 Å². The molecule has 2 N–H and O–H groups in total.